The van der Waals surface area contributed by atoms with Gasteiger partial charge in [-0.15, -0.1) is 13.2 Å². The van der Waals surface area contributed by atoms with Crippen molar-refractivity contribution < 1.29 is 27.4 Å². The molecule has 8 heteroatoms. The van der Waals surface area contributed by atoms with Gasteiger partial charge in [-0.05, 0) is 42.9 Å². The Balaban J connectivity index is 1.94. The Labute approximate surface area is 168 Å². The SMILES string of the molecule is Cc1ccc(Oc2ccc(NC(=O)[CH]CCC(C)(C)C)cn2)cc1OC(F)(F)F. The highest BCUT2D eigenvalue weighted by Crippen LogP contribution is 2.31. The third-order valence-electron chi connectivity index (χ3n) is 3.84. The number of benzene rings is 1. The number of anilines is 1. The van der Waals surface area contributed by atoms with Gasteiger partial charge < -0.3 is 14.8 Å². The molecule has 1 amide bonds. The van der Waals surface area contributed by atoms with E-state index in [1.165, 1.54) is 31.3 Å². The lowest BCUT2D eigenvalue weighted by Gasteiger charge is -2.17. The van der Waals surface area contributed by atoms with E-state index in [4.69, 9.17) is 4.74 Å². The number of carbonyl (C=O) groups excluding carboxylic acids is 1. The van der Waals surface area contributed by atoms with Crippen LogP contribution in [0.4, 0.5) is 18.9 Å². The molecule has 0 saturated carbocycles. The fourth-order valence-corrected chi connectivity index (χ4v) is 2.34. The number of pyridine rings is 1. The van der Waals surface area contributed by atoms with E-state index in [1.807, 2.05) is 0 Å². The normalized spacial score (nSPS) is 11.8. The van der Waals surface area contributed by atoms with Crippen LogP contribution in [0.1, 0.15) is 39.2 Å². The first kappa shape index (κ1) is 22.5. The minimum absolute atomic E-state index is 0.148. The second-order valence-electron chi connectivity index (χ2n) is 7.75. The number of nitrogens with zero attached hydrogens (tertiary/aromatic N) is 1. The number of aryl methyl sites for hydroxylation is 1. The summed E-state index contributed by atoms with van der Waals surface area (Å²) in [4.78, 5) is 16.0. The molecule has 0 atom stereocenters. The second kappa shape index (κ2) is 9.15. The Morgan fingerprint density at radius 3 is 2.48 bits per heavy atom. The summed E-state index contributed by atoms with van der Waals surface area (Å²) < 4.78 is 46.8. The lowest BCUT2D eigenvalue weighted by molar-refractivity contribution is -0.274. The van der Waals surface area contributed by atoms with Crippen molar-refractivity contribution in [2.75, 3.05) is 5.32 Å². The van der Waals surface area contributed by atoms with Gasteiger partial charge in [0, 0.05) is 18.6 Å². The molecule has 0 aliphatic heterocycles. The van der Waals surface area contributed by atoms with Crippen LogP contribution in [0.5, 0.6) is 17.4 Å². The van der Waals surface area contributed by atoms with E-state index in [0.29, 0.717) is 17.7 Å². The van der Waals surface area contributed by atoms with Gasteiger partial charge in [0.25, 0.3) is 0 Å². The first-order valence-electron chi connectivity index (χ1n) is 9.06. The van der Waals surface area contributed by atoms with Crippen molar-refractivity contribution in [3.05, 3.63) is 48.5 Å². The van der Waals surface area contributed by atoms with Gasteiger partial charge in [-0.2, -0.15) is 0 Å². The minimum Gasteiger partial charge on any atom is -0.439 e. The van der Waals surface area contributed by atoms with Crippen molar-refractivity contribution >= 4 is 11.6 Å². The van der Waals surface area contributed by atoms with Gasteiger partial charge in [-0.1, -0.05) is 26.8 Å². The van der Waals surface area contributed by atoms with E-state index in [1.54, 1.807) is 12.5 Å². The maximum atomic E-state index is 12.5. The monoisotopic (exact) mass is 409 g/mol. The number of alkyl halides is 3. The molecule has 2 aromatic rings. The summed E-state index contributed by atoms with van der Waals surface area (Å²) in [5.41, 5.74) is 0.959. The Bertz CT molecular complexity index is 829. The van der Waals surface area contributed by atoms with Gasteiger partial charge in [0.2, 0.25) is 11.8 Å². The minimum atomic E-state index is -4.79. The van der Waals surface area contributed by atoms with E-state index in [0.717, 1.165) is 12.5 Å². The van der Waals surface area contributed by atoms with Gasteiger partial charge in [0.05, 0.1) is 11.9 Å². The molecule has 1 aromatic carbocycles. The molecule has 5 nitrogen and oxygen atoms in total. The molecule has 0 fully saturated rings. The van der Waals surface area contributed by atoms with Crippen LogP contribution in [0.2, 0.25) is 0 Å². The zero-order chi connectivity index (χ0) is 21.7. The smallest absolute Gasteiger partial charge is 0.439 e. The lowest BCUT2D eigenvalue weighted by Crippen LogP contribution is -2.17. The Hall–Kier alpha value is -2.77. The van der Waals surface area contributed by atoms with Crippen LogP contribution in [0, 0.1) is 18.8 Å². The number of nitrogens with one attached hydrogen (secondary N) is 1. The predicted molar refractivity (Wildman–Crippen MR) is 104 cm³/mol. The molecule has 1 heterocycles. The zero-order valence-electron chi connectivity index (χ0n) is 16.8. The molecule has 1 aromatic heterocycles. The number of hydrogen-bond donors (Lipinski definition) is 1. The molecule has 157 valence electrons. The van der Waals surface area contributed by atoms with Gasteiger partial charge in [0.1, 0.15) is 11.5 Å². The fourth-order valence-electron chi connectivity index (χ4n) is 2.34. The number of halogens is 3. The third-order valence-corrected chi connectivity index (χ3v) is 3.84. The molecular formula is C21H24F3N2O3. The van der Waals surface area contributed by atoms with Crippen LogP contribution in [0.3, 0.4) is 0 Å². The molecule has 0 saturated heterocycles. The molecule has 1 radical (unpaired) electrons. The summed E-state index contributed by atoms with van der Waals surface area (Å²) >= 11 is 0. The van der Waals surface area contributed by atoms with E-state index >= 15 is 0 Å². The van der Waals surface area contributed by atoms with Crippen molar-refractivity contribution in [2.45, 2.75) is 46.9 Å². The van der Waals surface area contributed by atoms with Crippen molar-refractivity contribution in [3.63, 3.8) is 0 Å². The quantitative estimate of drug-likeness (QED) is 0.605. The molecule has 0 spiro atoms. The Kier molecular flexibility index (Phi) is 7.11. The highest BCUT2D eigenvalue weighted by Gasteiger charge is 2.31. The number of rotatable bonds is 7. The number of aromatic nitrogens is 1. The average Bonchev–Trinajstić information content (AvgIpc) is 2.57. The lowest BCUT2D eigenvalue weighted by atomic mass is 9.90. The molecule has 29 heavy (non-hydrogen) atoms. The topological polar surface area (TPSA) is 60.5 Å². The Morgan fingerprint density at radius 1 is 1.17 bits per heavy atom. The van der Waals surface area contributed by atoms with Crippen LogP contribution in [-0.4, -0.2) is 17.3 Å². The van der Waals surface area contributed by atoms with Crippen molar-refractivity contribution in [3.8, 4) is 17.4 Å². The van der Waals surface area contributed by atoms with Crippen LogP contribution in [0.15, 0.2) is 36.5 Å². The molecule has 0 aliphatic carbocycles. The molecule has 1 N–H and O–H groups in total. The summed E-state index contributed by atoms with van der Waals surface area (Å²) in [7, 11) is 0. The molecular weight excluding hydrogens is 385 g/mol. The first-order valence-corrected chi connectivity index (χ1v) is 9.06. The summed E-state index contributed by atoms with van der Waals surface area (Å²) in [6.07, 6.45) is -0.233. The van der Waals surface area contributed by atoms with Gasteiger partial charge >= 0.3 is 6.36 Å². The van der Waals surface area contributed by atoms with Gasteiger partial charge in [-0.25, -0.2) is 4.98 Å². The predicted octanol–water partition coefficient (Wildman–Crippen LogP) is 6.05. The van der Waals surface area contributed by atoms with Gasteiger partial charge in [-0.3, -0.25) is 4.79 Å². The summed E-state index contributed by atoms with van der Waals surface area (Å²) in [6, 6.07) is 7.22. The summed E-state index contributed by atoms with van der Waals surface area (Å²) in [6.45, 7) is 7.81. The highest BCUT2D eigenvalue weighted by atomic mass is 19.4. The number of ether oxygens (including phenoxy) is 2. The molecule has 2 rings (SSSR count). The third kappa shape index (κ3) is 8.41. The van der Waals surface area contributed by atoms with Crippen molar-refractivity contribution in [1.82, 2.24) is 4.98 Å². The molecule has 0 bridgehead atoms. The standard InChI is InChI=1S/C21H24F3N2O3/c1-14-7-9-16(12-17(14)29-21(22,23)24)28-19-10-8-15(13-25-19)26-18(27)6-5-11-20(2,3)4/h6-10,12-13H,5,11H2,1-4H3,(H,26,27). The van der Waals surface area contributed by atoms with E-state index < -0.39 is 6.36 Å². The van der Waals surface area contributed by atoms with Gasteiger partial charge in [0.15, 0.2) is 0 Å². The van der Waals surface area contributed by atoms with Crippen LogP contribution >= 0.6 is 0 Å². The Morgan fingerprint density at radius 2 is 1.90 bits per heavy atom. The second-order valence-corrected chi connectivity index (χ2v) is 7.75. The van der Waals surface area contributed by atoms with Crippen LogP contribution in [-0.2, 0) is 4.79 Å². The maximum Gasteiger partial charge on any atom is 0.573 e. The molecule has 0 aliphatic rings. The number of amides is 1. The largest absolute Gasteiger partial charge is 0.573 e. The van der Waals surface area contributed by atoms with Crippen LogP contribution in [0.25, 0.3) is 0 Å². The van der Waals surface area contributed by atoms with Crippen molar-refractivity contribution in [1.29, 1.82) is 0 Å². The number of carbonyl (C=O) groups is 1. The number of hydrogen-bond acceptors (Lipinski definition) is 4. The summed E-state index contributed by atoms with van der Waals surface area (Å²) in [5.74, 6) is -0.252. The first-order chi connectivity index (χ1) is 13.4. The molecule has 0 unspecified atom stereocenters. The van der Waals surface area contributed by atoms with E-state index in [9.17, 15) is 18.0 Å². The fraction of sp³-hybridized carbons (Fsp3) is 0.381. The zero-order valence-corrected chi connectivity index (χ0v) is 16.8. The van der Waals surface area contributed by atoms with Crippen molar-refractivity contribution in [2.24, 2.45) is 5.41 Å². The van der Waals surface area contributed by atoms with E-state index in [-0.39, 0.29) is 28.7 Å². The highest BCUT2D eigenvalue weighted by molar-refractivity contribution is 5.96. The van der Waals surface area contributed by atoms with E-state index in [2.05, 4.69) is 35.8 Å². The summed E-state index contributed by atoms with van der Waals surface area (Å²) in [5, 5.41) is 2.70. The average molecular weight is 409 g/mol. The van der Waals surface area contributed by atoms with Crippen LogP contribution < -0.4 is 14.8 Å². The maximum absolute atomic E-state index is 12.5.